The molecule has 0 fully saturated rings. The van der Waals surface area contributed by atoms with Crippen LogP contribution in [0.15, 0.2) is 41.3 Å². The standard InChI is InChI=1S/C19H8ClF9N4O4S2/c20-13-6-11(33-15(34)32-10-1-3-12(4-2-10)38-8-31)5-9(7-30)14(13)37-39(35,36)19(28,29)17(23,24)16(21,22)18(25,26)27/h1-6H,(H2,32,33,34). The van der Waals surface area contributed by atoms with Crippen LogP contribution in [0.3, 0.4) is 0 Å². The number of halogens is 10. The largest absolute Gasteiger partial charge is 0.460 e. The van der Waals surface area contributed by atoms with E-state index in [4.69, 9.17) is 22.1 Å². The van der Waals surface area contributed by atoms with Crippen LogP contribution < -0.4 is 14.8 Å². The predicted molar refractivity (Wildman–Crippen MR) is 117 cm³/mol. The second-order valence-electron chi connectivity index (χ2n) is 6.94. The zero-order valence-corrected chi connectivity index (χ0v) is 20.5. The maximum absolute atomic E-state index is 13.9. The predicted octanol–water partition coefficient (Wildman–Crippen LogP) is 6.56. The van der Waals surface area contributed by atoms with Gasteiger partial charge in [-0.15, -0.1) is 0 Å². The van der Waals surface area contributed by atoms with E-state index < -0.39 is 61.4 Å². The number of rotatable bonds is 8. The van der Waals surface area contributed by atoms with Gasteiger partial charge >= 0.3 is 39.4 Å². The molecule has 0 unspecified atom stereocenters. The SMILES string of the molecule is N#CSc1ccc(NC(=O)Nc2cc(Cl)c(OS(=O)(=O)C(F)(F)C(F)(F)C(F)(F)C(F)(F)F)c(C#N)c2)cc1. The minimum absolute atomic E-state index is 0.186. The average molecular weight is 627 g/mol. The van der Waals surface area contributed by atoms with Crippen molar-refractivity contribution in [3.8, 4) is 17.2 Å². The van der Waals surface area contributed by atoms with E-state index in [1.165, 1.54) is 24.3 Å². The monoisotopic (exact) mass is 626 g/mol. The summed E-state index contributed by atoms with van der Waals surface area (Å²) < 4.78 is 145. The Balaban J connectivity index is 2.34. The molecule has 0 bridgehead atoms. The number of carbonyl (C=O) groups is 1. The van der Waals surface area contributed by atoms with Crippen molar-refractivity contribution in [2.24, 2.45) is 0 Å². The molecule has 0 saturated carbocycles. The third kappa shape index (κ3) is 6.21. The summed E-state index contributed by atoms with van der Waals surface area (Å²) in [6.45, 7) is 0. The van der Waals surface area contributed by atoms with Gasteiger partial charge in [-0.25, -0.2) is 4.79 Å². The number of benzene rings is 2. The summed E-state index contributed by atoms with van der Waals surface area (Å²) in [6.07, 6.45) is -7.30. The number of nitrogens with zero attached hydrogens (tertiary/aromatic N) is 2. The fourth-order valence-corrected chi connectivity index (χ4v) is 4.09. The van der Waals surface area contributed by atoms with Crippen molar-refractivity contribution in [2.45, 2.75) is 28.2 Å². The van der Waals surface area contributed by atoms with Gasteiger partial charge in [-0.05, 0) is 48.2 Å². The molecule has 2 rings (SSSR count). The van der Waals surface area contributed by atoms with Crippen LogP contribution in [0.4, 0.5) is 55.7 Å². The molecular formula is C19H8ClF9N4O4S2. The van der Waals surface area contributed by atoms with Crippen LogP contribution in [0, 0.1) is 22.0 Å². The van der Waals surface area contributed by atoms with E-state index in [0.29, 0.717) is 17.0 Å². The summed E-state index contributed by atoms with van der Waals surface area (Å²) in [5.41, 5.74) is -1.39. The van der Waals surface area contributed by atoms with Gasteiger partial charge in [0, 0.05) is 16.3 Å². The van der Waals surface area contributed by atoms with Crippen molar-refractivity contribution >= 4 is 50.9 Å². The van der Waals surface area contributed by atoms with Crippen molar-refractivity contribution in [1.82, 2.24) is 0 Å². The van der Waals surface area contributed by atoms with Gasteiger partial charge in [-0.1, -0.05) is 11.6 Å². The van der Waals surface area contributed by atoms with Crippen LogP contribution >= 0.6 is 23.4 Å². The van der Waals surface area contributed by atoms with Gasteiger partial charge in [0.1, 0.15) is 11.5 Å². The quantitative estimate of drug-likeness (QED) is 0.147. The second kappa shape index (κ2) is 10.9. The van der Waals surface area contributed by atoms with E-state index in [1.807, 2.05) is 5.40 Å². The third-order valence-corrected chi connectivity index (χ3v) is 6.47. The highest BCUT2D eigenvalue weighted by atomic mass is 35.5. The van der Waals surface area contributed by atoms with Crippen LogP contribution in [0.1, 0.15) is 5.56 Å². The molecule has 0 heterocycles. The van der Waals surface area contributed by atoms with Crippen molar-refractivity contribution in [3.63, 3.8) is 0 Å². The Labute approximate surface area is 221 Å². The number of hydrogen-bond donors (Lipinski definition) is 2. The van der Waals surface area contributed by atoms with E-state index in [0.717, 1.165) is 17.8 Å². The van der Waals surface area contributed by atoms with Gasteiger partial charge in [0.15, 0.2) is 5.75 Å². The highest BCUT2D eigenvalue weighted by Crippen LogP contribution is 2.55. The van der Waals surface area contributed by atoms with E-state index in [9.17, 15) is 52.7 Å². The topological polar surface area (TPSA) is 132 Å². The van der Waals surface area contributed by atoms with E-state index in [1.54, 1.807) is 0 Å². The number of urea groups is 1. The Morgan fingerprint density at radius 2 is 1.44 bits per heavy atom. The normalized spacial score (nSPS) is 12.7. The molecule has 0 aliphatic rings. The number of thiocyanates is 1. The average Bonchev–Trinajstić information content (AvgIpc) is 2.80. The molecule has 0 saturated heterocycles. The Morgan fingerprint density at radius 1 is 0.897 bits per heavy atom. The van der Waals surface area contributed by atoms with Gasteiger partial charge in [-0.3, -0.25) is 0 Å². The number of alkyl halides is 9. The molecule has 2 N–H and O–H groups in total. The zero-order chi connectivity index (χ0) is 30.0. The summed E-state index contributed by atoms with van der Waals surface area (Å²) >= 11 is 6.46. The van der Waals surface area contributed by atoms with Gasteiger partial charge in [0.2, 0.25) is 0 Å². The molecule has 0 aliphatic heterocycles. The molecule has 8 nitrogen and oxygen atoms in total. The van der Waals surface area contributed by atoms with Gasteiger partial charge in [-0.2, -0.15) is 58.5 Å². The molecule has 20 heteroatoms. The lowest BCUT2D eigenvalue weighted by Crippen LogP contribution is -2.63. The lowest BCUT2D eigenvalue weighted by molar-refractivity contribution is -0.382. The van der Waals surface area contributed by atoms with Crippen molar-refractivity contribution in [2.75, 3.05) is 10.6 Å². The maximum Gasteiger partial charge on any atom is 0.460 e. The molecule has 0 aromatic heterocycles. The minimum atomic E-state index is -7.57. The summed E-state index contributed by atoms with van der Waals surface area (Å²) in [7, 11) is -7.37. The summed E-state index contributed by atoms with van der Waals surface area (Å²) in [5.74, 6) is -16.7. The number of nitriles is 2. The Morgan fingerprint density at radius 3 is 1.92 bits per heavy atom. The van der Waals surface area contributed by atoms with Crippen molar-refractivity contribution < 1.29 is 56.9 Å². The van der Waals surface area contributed by atoms with E-state index in [-0.39, 0.29) is 5.69 Å². The number of thioether (sulfide) groups is 1. The summed E-state index contributed by atoms with van der Waals surface area (Å²) in [4.78, 5) is 12.7. The first-order valence-electron chi connectivity index (χ1n) is 9.33. The molecule has 0 atom stereocenters. The molecular weight excluding hydrogens is 619 g/mol. The van der Waals surface area contributed by atoms with E-state index in [2.05, 4.69) is 14.8 Å². The number of hydrogen-bond acceptors (Lipinski definition) is 7. The van der Waals surface area contributed by atoms with Crippen LogP contribution in [0.25, 0.3) is 0 Å². The molecule has 2 amide bonds. The maximum atomic E-state index is 13.9. The summed E-state index contributed by atoms with van der Waals surface area (Å²) in [5, 5.41) is 15.6. The molecule has 0 spiro atoms. The number of anilines is 2. The third-order valence-electron chi connectivity index (χ3n) is 4.32. The fraction of sp³-hybridized carbons (Fsp3) is 0.211. The van der Waals surface area contributed by atoms with Crippen LogP contribution in [-0.4, -0.2) is 37.7 Å². The highest BCUT2D eigenvalue weighted by Gasteiger charge is 2.86. The van der Waals surface area contributed by atoms with E-state index >= 15 is 0 Å². The molecule has 0 radical (unpaired) electrons. The highest BCUT2D eigenvalue weighted by molar-refractivity contribution is 8.03. The fourth-order valence-electron chi connectivity index (χ4n) is 2.47. The molecule has 0 aliphatic carbocycles. The van der Waals surface area contributed by atoms with Crippen LogP contribution in [0.5, 0.6) is 5.75 Å². The number of nitrogens with one attached hydrogen (secondary N) is 2. The first-order valence-corrected chi connectivity index (χ1v) is 11.9. The second-order valence-corrected chi connectivity index (χ2v) is 9.80. The van der Waals surface area contributed by atoms with Crippen LogP contribution in [0.2, 0.25) is 5.02 Å². The number of carbonyl (C=O) groups excluding carboxylic acids is 1. The van der Waals surface area contributed by atoms with Crippen molar-refractivity contribution in [1.29, 1.82) is 10.5 Å². The van der Waals surface area contributed by atoms with Gasteiger partial charge < -0.3 is 14.8 Å². The lowest BCUT2D eigenvalue weighted by Gasteiger charge is -2.32. The zero-order valence-electron chi connectivity index (χ0n) is 18.1. The molecule has 210 valence electrons. The van der Waals surface area contributed by atoms with Gasteiger partial charge in [0.05, 0.1) is 10.6 Å². The Hall–Kier alpha value is -3.55. The minimum Gasteiger partial charge on any atom is -0.375 e. The molecule has 2 aromatic carbocycles. The van der Waals surface area contributed by atoms with Crippen LogP contribution in [-0.2, 0) is 10.1 Å². The first kappa shape index (κ1) is 31.7. The summed E-state index contributed by atoms with van der Waals surface area (Å²) in [6, 6.07) is 6.91. The lowest BCUT2D eigenvalue weighted by atomic mass is 10.1. The smallest absolute Gasteiger partial charge is 0.375 e. The first-order chi connectivity index (χ1) is 17.7. The van der Waals surface area contributed by atoms with Gasteiger partial charge in [0.25, 0.3) is 0 Å². The Bertz CT molecular complexity index is 1460. The Kier molecular flexibility index (Phi) is 8.86. The molecule has 2 aromatic rings. The van der Waals surface area contributed by atoms with Crippen molar-refractivity contribution in [3.05, 3.63) is 47.0 Å². The molecule has 39 heavy (non-hydrogen) atoms. The number of amides is 2.